The number of hydrogen-bond acceptors (Lipinski definition) is 4. The standard InChI is InChI=1S/C28H26N4O2S/c1-20-10-14-23(15-11-20)35(33,34)32(22-12-13-22)27-24-16-17-28(19-25(24)30-31-27,21-7-3-2-4-8-21)26-9-5-6-18-29-26/h2-11,14-18,22H,12-13,19H2,1H3,(H,30,31). The third-order valence-corrected chi connectivity index (χ3v) is 8.79. The van der Waals surface area contributed by atoms with E-state index in [9.17, 15) is 8.42 Å². The van der Waals surface area contributed by atoms with Crippen LogP contribution in [0.2, 0.25) is 0 Å². The summed E-state index contributed by atoms with van der Waals surface area (Å²) < 4.78 is 29.0. The normalized spacial score (nSPS) is 19.3. The first-order valence-corrected chi connectivity index (χ1v) is 13.3. The number of aromatic nitrogens is 3. The number of aromatic amines is 1. The Morgan fingerprint density at radius 2 is 1.71 bits per heavy atom. The molecule has 2 aliphatic carbocycles. The molecule has 2 aromatic carbocycles. The molecule has 0 saturated heterocycles. The molecule has 176 valence electrons. The summed E-state index contributed by atoms with van der Waals surface area (Å²) in [6.45, 7) is 1.95. The molecule has 2 heterocycles. The van der Waals surface area contributed by atoms with Crippen LogP contribution in [0.1, 0.15) is 40.9 Å². The van der Waals surface area contributed by atoms with Gasteiger partial charge in [-0.1, -0.05) is 66.2 Å². The van der Waals surface area contributed by atoms with Gasteiger partial charge in [-0.3, -0.25) is 10.1 Å². The number of sulfonamides is 1. The van der Waals surface area contributed by atoms with Crippen molar-refractivity contribution in [2.24, 2.45) is 0 Å². The Morgan fingerprint density at radius 1 is 0.971 bits per heavy atom. The third kappa shape index (κ3) is 3.67. The molecular weight excluding hydrogens is 456 g/mol. The summed E-state index contributed by atoms with van der Waals surface area (Å²) in [5.41, 5.74) is 4.35. The average molecular weight is 483 g/mol. The number of pyridine rings is 1. The molecular formula is C28H26N4O2S. The topological polar surface area (TPSA) is 79.0 Å². The number of rotatable bonds is 6. The van der Waals surface area contributed by atoms with Gasteiger partial charge in [-0.2, -0.15) is 5.10 Å². The Labute approximate surface area is 205 Å². The van der Waals surface area contributed by atoms with Crippen LogP contribution < -0.4 is 4.31 Å². The molecule has 35 heavy (non-hydrogen) atoms. The lowest BCUT2D eigenvalue weighted by Crippen LogP contribution is -2.35. The van der Waals surface area contributed by atoms with E-state index in [1.54, 1.807) is 12.1 Å². The first-order valence-electron chi connectivity index (χ1n) is 11.8. The van der Waals surface area contributed by atoms with Crippen molar-refractivity contribution >= 4 is 21.9 Å². The molecule has 0 amide bonds. The minimum absolute atomic E-state index is 0.0706. The molecule has 4 aromatic rings. The Kier molecular flexibility index (Phi) is 5.11. The van der Waals surface area contributed by atoms with E-state index in [0.717, 1.165) is 40.9 Å². The molecule has 7 heteroatoms. The van der Waals surface area contributed by atoms with Crippen molar-refractivity contribution in [1.82, 2.24) is 15.2 Å². The van der Waals surface area contributed by atoms with E-state index < -0.39 is 15.4 Å². The number of benzene rings is 2. The number of fused-ring (bicyclic) bond motifs is 1. The molecule has 1 atom stereocenters. The van der Waals surface area contributed by atoms with Crippen molar-refractivity contribution in [3.63, 3.8) is 0 Å². The maximum absolute atomic E-state index is 13.7. The summed E-state index contributed by atoms with van der Waals surface area (Å²) >= 11 is 0. The van der Waals surface area contributed by atoms with Crippen molar-refractivity contribution in [1.29, 1.82) is 0 Å². The molecule has 0 bridgehead atoms. The molecule has 1 fully saturated rings. The molecule has 1 N–H and O–H groups in total. The monoisotopic (exact) mass is 482 g/mol. The molecule has 0 spiro atoms. The van der Waals surface area contributed by atoms with Gasteiger partial charge in [0.05, 0.1) is 16.0 Å². The van der Waals surface area contributed by atoms with Crippen LogP contribution >= 0.6 is 0 Å². The summed E-state index contributed by atoms with van der Waals surface area (Å²) in [5.74, 6) is 0.474. The number of H-pyrrole nitrogens is 1. The molecule has 0 aliphatic heterocycles. The van der Waals surface area contributed by atoms with Crippen LogP contribution in [-0.4, -0.2) is 29.6 Å². The number of nitrogens with one attached hydrogen (secondary N) is 1. The van der Waals surface area contributed by atoms with Gasteiger partial charge in [0.2, 0.25) is 0 Å². The van der Waals surface area contributed by atoms with E-state index in [-0.39, 0.29) is 6.04 Å². The molecule has 1 unspecified atom stereocenters. The van der Waals surface area contributed by atoms with Crippen LogP contribution in [0.25, 0.3) is 6.08 Å². The third-order valence-electron chi connectivity index (χ3n) is 6.93. The van der Waals surface area contributed by atoms with Gasteiger partial charge in [-0.25, -0.2) is 12.7 Å². The average Bonchev–Trinajstić information content (AvgIpc) is 3.64. The minimum Gasteiger partial charge on any atom is -0.280 e. The van der Waals surface area contributed by atoms with Crippen molar-refractivity contribution < 1.29 is 8.42 Å². The number of nitrogens with zero attached hydrogens (tertiary/aromatic N) is 3. The van der Waals surface area contributed by atoms with E-state index >= 15 is 0 Å². The van der Waals surface area contributed by atoms with E-state index in [4.69, 9.17) is 4.98 Å². The Hall–Kier alpha value is -3.71. The Morgan fingerprint density at radius 3 is 2.40 bits per heavy atom. The number of allylic oxidation sites excluding steroid dienone is 1. The highest BCUT2D eigenvalue weighted by atomic mass is 32.2. The summed E-state index contributed by atoms with van der Waals surface area (Å²) in [4.78, 5) is 4.99. The van der Waals surface area contributed by atoms with Gasteiger partial charge in [0, 0.05) is 29.9 Å². The summed E-state index contributed by atoms with van der Waals surface area (Å²) in [6.07, 6.45) is 8.24. The largest absolute Gasteiger partial charge is 0.280 e. The summed E-state index contributed by atoms with van der Waals surface area (Å²) in [7, 11) is -3.74. The van der Waals surface area contributed by atoms with E-state index in [1.165, 1.54) is 4.31 Å². The fraction of sp³-hybridized carbons (Fsp3) is 0.214. The van der Waals surface area contributed by atoms with E-state index in [2.05, 4.69) is 28.4 Å². The van der Waals surface area contributed by atoms with Crippen LogP contribution in [0.3, 0.4) is 0 Å². The quantitative estimate of drug-likeness (QED) is 0.418. The molecule has 1 saturated carbocycles. The second-order valence-electron chi connectivity index (χ2n) is 9.35. The van der Waals surface area contributed by atoms with Gasteiger partial charge >= 0.3 is 0 Å². The van der Waals surface area contributed by atoms with Crippen molar-refractivity contribution in [2.45, 2.75) is 42.5 Å². The smallest absolute Gasteiger partial charge is 0.265 e. The minimum atomic E-state index is -3.74. The fourth-order valence-electron chi connectivity index (χ4n) is 4.92. The van der Waals surface area contributed by atoms with Crippen LogP contribution in [0.15, 0.2) is 90.0 Å². The number of hydrogen-bond donors (Lipinski definition) is 1. The molecule has 6 nitrogen and oxygen atoms in total. The second kappa shape index (κ2) is 8.20. The first-order chi connectivity index (χ1) is 17.0. The van der Waals surface area contributed by atoms with Crippen molar-refractivity contribution in [3.05, 3.63) is 113 Å². The van der Waals surface area contributed by atoms with Gasteiger partial charge < -0.3 is 0 Å². The number of anilines is 1. The zero-order chi connectivity index (χ0) is 24.0. The maximum atomic E-state index is 13.7. The summed E-state index contributed by atoms with van der Waals surface area (Å²) in [6, 6.07) is 23.2. The zero-order valence-corrected chi connectivity index (χ0v) is 20.2. The SMILES string of the molecule is Cc1ccc(S(=O)(=O)N(c2n[nH]c3c2C=CC(c2ccccc2)(c2ccccn2)C3)C2CC2)cc1. The highest BCUT2D eigenvalue weighted by molar-refractivity contribution is 7.92. The van der Waals surface area contributed by atoms with Crippen LogP contribution in [0.5, 0.6) is 0 Å². The molecule has 0 radical (unpaired) electrons. The van der Waals surface area contributed by atoms with Gasteiger partial charge in [-0.05, 0) is 49.6 Å². The predicted molar refractivity (Wildman–Crippen MR) is 137 cm³/mol. The zero-order valence-electron chi connectivity index (χ0n) is 19.4. The highest BCUT2D eigenvalue weighted by Gasteiger charge is 2.43. The van der Waals surface area contributed by atoms with E-state index in [1.807, 2.05) is 67.7 Å². The lowest BCUT2D eigenvalue weighted by atomic mass is 9.70. The predicted octanol–water partition coefficient (Wildman–Crippen LogP) is 5.03. The highest BCUT2D eigenvalue weighted by Crippen LogP contribution is 2.44. The maximum Gasteiger partial charge on any atom is 0.265 e. The molecule has 6 rings (SSSR count). The first kappa shape index (κ1) is 21.8. The molecule has 2 aromatic heterocycles. The van der Waals surface area contributed by atoms with Crippen molar-refractivity contribution in [2.75, 3.05) is 4.31 Å². The van der Waals surface area contributed by atoms with Gasteiger partial charge in [0.1, 0.15) is 0 Å². The molecule has 2 aliphatic rings. The van der Waals surface area contributed by atoms with Gasteiger partial charge in [-0.15, -0.1) is 0 Å². The van der Waals surface area contributed by atoms with Crippen LogP contribution in [-0.2, 0) is 21.9 Å². The number of aryl methyl sites for hydroxylation is 1. The van der Waals surface area contributed by atoms with E-state index in [0.29, 0.717) is 17.1 Å². The van der Waals surface area contributed by atoms with Crippen LogP contribution in [0, 0.1) is 6.92 Å². The van der Waals surface area contributed by atoms with Crippen molar-refractivity contribution in [3.8, 4) is 0 Å². The Bertz CT molecular complexity index is 1450. The second-order valence-corrected chi connectivity index (χ2v) is 11.2. The fourth-order valence-corrected chi connectivity index (χ4v) is 6.59. The van der Waals surface area contributed by atoms with Gasteiger partial charge in [0.25, 0.3) is 10.0 Å². The van der Waals surface area contributed by atoms with Crippen LogP contribution in [0.4, 0.5) is 5.82 Å². The van der Waals surface area contributed by atoms with Gasteiger partial charge in [0.15, 0.2) is 5.82 Å². The Balaban J connectivity index is 1.45. The summed E-state index contributed by atoms with van der Waals surface area (Å²) in [5, 5.41) is 7.75. The lowest BCUT2D eigenvalue weighted by Gasteiger charge is -2.33. The lowest BCUT2D eigenvalue weighted by molar-refractivity contribution is 0.589.